The van der Waals surface area contributed by atoms with Gasteiger partial charge in [0.2, 0.25) is 0 Å². The van der Waals surface area contributed by atoms with Gasteiger partial charge in [-0.3, -0.25) is 14.6 Å². The topological polar surface area (TPSA) is 127 Å². The maximum Gasteiger partial charge on any atom is 0.253 e. The van der Waals surface area contributed by atoms with Gasteiger partial charge in [0.25, 0.3) is 5.91 Å². The molecule has 0 saturated carbocycles. The second-order valence-electron chi connectivity index (χ2n) is 10.7. The molecular formula is C33H30N8O2. The molecule has 1 amide bonds. The number of fused-ring (bicyclic) bond motifs is 1. The van der Waals surface area contributed by atoms with E-state index in [4.69, 9.17) is 10.5 Å². The number of carbonyl (C=O) groups is 1. The minimum Gasteiger partial charge on any atom is -0.457 e. The van der Waals surface area contributed by atoms with Crippen LogP contribution in [0.2, 0.25) is 0 Å². The number of nitrogens with zero attached hydrogens (tertiary/aromatic N) is 5. The number of nitrogens with one attached hydrogen (secondary N) is 2. The summed E-state index contributed by atoms with van der Waals surface area (Å²) in [5, 5.41) is 16.2. The minimum absolute atomic E-state index is 0.0236. The first kappa shape index (κ1) is 26.3. The first-order chi connectivity index (χ1) is 21.0. The van der Waals surface area contributed by atoms with Crippen molar-refractivity contribution in [2.24, 2.45) is 7.05 Å². The Bertz CT molecular complexity index is 1890. The molecule has 214 valence electrons. The van der Waals surface area contributed by atoms with Crippen LogP contribution in [-0.4, -0.2) is 54.9 Å². The molecule has 43 heavy (non-hydrogen) atoms. The number of anilines is 2. The molecule has 1 saturated heterocycles. The molecule has 3 aromatic heterocycles. The van der Waals surface area contributed by atoms with Crippen LogP contribution in [0.1, 0.15) is 16.8 Å². The van der Waals surface area contributed by atoms with Crippen molar-refractivity contribution in [1.82, 2.24) is 29.9 Å². The summed E-state index contributed by atoms with van der Waals surface area (Å²) in [5.41, 5.74) is 11.9. The minimum atomic E-state index is 0.0236. The molecule has 0 aliphatic carbocycles. The largest absolute Gasteiger partial charge is 0.457 e. The van der Waals surface area contributed by atoms with Crippen LogP contribution in [0.4, 0.5) is 11.5 Å². The summed E-state index contributed by atoms with van der Waals surface area (Å²) in [5.74, 6) is 2.23. The van der Waals surface area contributed by atoms with E-state index < -0.39 is 0 Å². The molecule has 6 aromatic rings. The zero-order chi connectivity index (χ0) is 29.3. The Kier molecular flexibility index (Phi) is 6.71. The lowest BCUT2D eigenvalue weighted by Crippen LogP contribution is -2.31. The van der Waals surface area contributed by atoms with Crippen molar-refractivity contribution < 1.29 is 9.53 Å². The molecular weight excluding hydrogens is 540 g/mol. The van der Waals surface area contributed by atoms with E-state index in [1.165, 1.54) is 0 Å². The summed E-state index contributed by atoms with van der Waals surface area (Å²) >= 11 is 0. The molecule has 7 rings (SSSR count). The molecule has 0 unspecified atom stereocenters. The molecule has 10 nitrogen and oxygen atoms in total. The van der Waals surface area contributed by atoms with E-state index in [1.54, 1.807) is 4.68 Å². The summed E-state index contributed by atoms with van der Waals surface area (Å²) in [6, 6.07) is 25.1. The van der Waals surface area contributed by atoms with Gasteiger partial charge in [-0.2, -0.15) is 10.2 Å². The highest BCUT2D eigenvalue weighted by Gasteiger charge is 2.28. The predicted octanol–water partition coefficient (Wildman–Crippen LogP) is 5.73. The Morgan fingerprint density at radius 3 is 2.33 bits per heavy atom. The van der Waals surface area contributed by atoms with Gasteiger partial charge in [0, 0.05) is 61.0 Å². The summed E-state index contributed by atoms with van der Waals surface area (Å²) < 4.78 is 7.66. The van der Waals surface area contributed by atoms with Gasteiger partial charge in [-0.15, -0.1) is 0 Å². The number of aryl methyl sites for hydroxylation is 1. The molecule has 1 atom stereocenters. The van der Waals surface area contributed by atoms with Crippen molar-refractivity contribution in [3.63, 3.8) is 0 Å². The number of hydrogen-bond acceptors (Lipinski definition) is 7. The highest BCUT2D eigenvalue weighted by atomic mass is 16.5. The molecule has 4 heterocycles. The first-order valence-corrected chi connectivity index (χ1v) is 14.1. The number of rotatable bonds is 7. The van der Waals surface area contributed by atoms with E-state index in [0.29, 0.717) is 30.0 Å². The Hall–Kier alpha value is -5.64. The maximum atomic E-state index is 13.3. The van der Waals surface area contributed by atoms with Crippen LogP contribution in [0.25, 0.3) is 33.3 Å². The Morgan fingerprint density at radius 1 is 0.930 bits per heavy atom. The zero-order valence-corrected chi connectivity index (χ0v) is 23.6. The van der Waals surface area contributed by atoms with Gasteiger partial charge >= 0.3 is 0 Å². The monoisotopic (exact) mass is 570 g/mol. The lowest BCUT2D eigenvalue weighted by Gasteiger charge is -2.17. The maximum absolute atomic E-state index is 13.3. The standard InChI is InChI=1S/C33H30N8O2/c1-40-19-25(18-36-40)24-16-30-31(35-17-24)38-39-32(30)37-27-14-15-41(20-27)33(42)23-4-2-21(3-5-23)22-6-10-28(11-7-22)43-29-12-8-26(34)9-13-29/h2-13,16-19,27H,14-15,20,34H2,1H3,(H2,35,37,38,39)/t27-/m1/s1. The number of ether oxygens (including phenoxy) is 1. The van der Waals surface area contributed by atoms with Gasteiger partial charge in [0.1, 0.15) is 11.5 Å². The average molecular weight is 571 g/mol. The van der Waals surface area contributed by atoms with Gasteiger partial charge in [0.15, 0.2) is 11.5 Å². The fraction of sp³-hybridized carbons (Fsp3) is 0.152. The quantitative estimate of drug-likeness (QED) is 0.209. The van der Waals surface area contributed by atoms with Crippen LogP contribution in [0.5, 0.6) is 11.5 Å². The molecule has 1 aliphatic heterocycles. The fourth-order valence-corrected chi connectivity index (χ4v) is 5.37. The lowest BCUT2D eigenvalue weighted by molar-refractivity contribution is 0.0791. The van der Waals surface area contributed by atoms with Gasteiger partial charge in [-0.1, -0.05) is 24.3 Å². The van der Waals surface area contributed by atoms with Crippen molar-refractivity contribution in [3.05, 3.63) is 103 Å². The van der Waals surface area contributed by atoms with E-state index >= 15 is 0 Å². The summed E-state index contributed by atoms with van der Waals surface area (Å²) in [7, 11) is 1.89. The molecule has 0 bridgehead atoms. The number of benzene rings is 3. The van der Waals surface area contributed by atoms with Crippen molar-refractivity contribution in [2.75, 3.05) is 24.1 Å². The third-order valence-corrected chi connectivity index (χ3v) is 7.71. The molecule has 0 spiro atoms. The smallest absolute Gasteiger partial charge is 0.253 e. The van der Waals surface area contributed by atoms with E-state index in [9.17, 15) is 4.79 Å². The van der Waals surface area contributed by atoms with Gasteiger partial charge in [-0.25, -0.2) is 4.98 Å². The molecule has 1 fully saturated rings. The van der Waals surface area contributed by atoms with E-state index in [2.05, 4.69) is 31.7 Å². The second kappa shape index (κ2) is 11.0. The number of hydrogen-bond donors (Lipinski definition) is 3. The SMILES string of the molecule is Cn1cc(-c2cnc3[nH]nc(N[C@@H]4CCN(C(=O)c5ccc(-c6ccc(Oc7ccc(N)cc7)cc6)cc5)C4)c3c2)cn1. The summed E-state index contributed by atoms with van der Waals surface area (Å²) in [6.45, 7) is 1.27. The number of carbonyl (C=O) groups excluding carboxylic acids is 1. The highest BCUT2D eigenvalue weighted by molar-refractivity contribution is 5.95. The van der Waals surface area contributed by atoms with Crippen LogP contribution in [0.15, 0.2) is 97.5 Å². The molecule has 1 aliphatic rings. The van der Waals surface area contributed by atoms with Crippen LogP contribution < -0.4 is 15.8 Å². The summed E-state index contributed by atoms with van der Waals surface area (Å²) in [6.07, 6.45) is 6.42. The van der Waals surface area contributed by atoms with Crippen LogP contribution >= 0.6 is 0 Å². The van der Waals surface area contributed by atoms with Crippen molar-refractivity contribution >= 4 is 28.4 Å². The average Bonchev–Trinajstić information content (AvgIpc) is 3.79. The predicted molar refractivity (Wildman–Crippen MR) is 167 cm³/mol. The Balaban J connectivity index is 0.982. The van der Waals surface area contributed by atoms with Crippen LogP contribution in [-0.2, 0) is 7.05 Å². The molecule has 4 N–H and O–H groups in total. The third-order valence-electron chi connectivity index (χ3n) is 7.71. The van der Waals surface area contributed by atoms with E-state index in [-0.39, 0.29) is 11.9 Å². The zero-order valence-electron chi connectivity index (χ0n) is 23.6. The van der Waals surface area contributed by atoms with Gasteiger partial charge in [-0.05, 0) is 72.1 Å². The third kappa shape index (κ3) is 5.50. The van der Waals surface area contributed by atoms with E-state index in [0.717, 1.165) is 51.4 Å². The van der Waals surface area contributed by atoms with Gasteiger partial charge < -0.3 is 20.7 Å². The Morgan fingerprint density at radius 2 is 1.63 bits per heavy atom. The number of aromatic nitrogens is 5. The van der Waals surface area contributed by atoms with Gasteiger partial charge in [0.05, 0.1) is 11.6 Å². The van der Waals surface area contributed by atoms with E-state index in [1.807, 2.05) is 103 Å². The van der Waals surface area contributed by atoms with Crippen molar-refractivity contribution in [3.8, 4) is 33.8 Å². The van der Waals surface area contributed by atoms with Crippen LogP contribution in [0, 0.1) is 0 Å². The number of H-pyrrole nitrogens is 1. The number of nitrogens with two attached hydrogens (primary N) is 1. The highest BCUT2D eigenvalue weighted by Crippen LogP contribution is 2.29. The second-order valence-corrected chi connectivity index (χ2v) is 10.7. The number of aromatic amines is 1. The van der Waals surface area contributed by atoms with Crippen LogP contribution in [0.3, 0.4) is 0 Å². The Labute approximate surface area is 248 Å². The van der Waals surface area contributed by atoms with Crippen molar-refractivity contribution in [1.29, 1.82) is 0 Å². The number of nitrogen functional groups attached to an aromatic ring is 1. The number of likely N-dealkylation sites (tertiary alicyclic amines) is 1. The molecule has 3 aromatic carbocycles. The summed E-state index contributed by atoms with van der Waals surface area (Å²) in [4.78, 5) is 19.8. The molecule has 0 radical (unpaired) electrons. The first-order valence-electron chi connectivity index (χ1n) is 14.1. The number of amides is 1. The van der Waals surface area contributed by atoms with Crippen molar-refractivity contribution in [2.45, 2.75) is 12.5 Å². The normalized spacial score (nSPS) is 14.7. The molecule has 10 heteroatoms. The number of pyridine rings is 1. The lowest BCUT2D eigenvalue weighted by atomic mass is 10.0. The fourth-order valence-electron chi connectivity index (χ4n) is 5.37.